The summed E-state index contributed by atoms with van der Waals surface area (Å²) in [5.74, 6) is 0.221. The third kappa shape index (κ3) is 5.78. The van der Waals surface area contributed by atoms with Gasteiger partial charge in [-0.25, -0.2) is 8.42 Å². The van der Waals surface area contributed by atoms with Crippen molar-refractivity contribution in [2.45, 2.75) is 45.1 Å². The Bertz CT molecular complexity index is 1240. The fraction of sp³-hybridized carbons (Fsp3) is 0.296. The van der Waals surface area contributed by atoms with Gasteiger partial charge in [0.2, 0.25) is 5.91 Å². The monoisotopic (exact) mass is 480 g/mol. The van der Waals surface area contributed by atoms with E-state index < -0.39 is 10.0 Å². The molecule has 0 aliphatic heterocycles. The Kier molecular flexibility index (Phi) is 7.99. The molecule has 1 unspecified atom stereocenters. The molecule has 0 spiro atoms. The molecule has 0 aromatic heterocycles. The first kappa shape index (κ1) is 25.3. The Balaban J connectivity index is 1.91. The Hall–Kier alpha value is -3.32. The van der Waals surface area contributed by atoms with Gasteiger partial charge in [-0.05, 0) is 80.3 Å². The van der Waals surface area contributed by atoms with Gasteiger partial charge >= 0.3 is 0 Å². The summed E-state index contributed by atoms with van der Waals surface area (Å²) < 4.78 is 33.5. The van der Waals surface area contributed by atoms with Gasteiger partial charge in [0, 0.05) is 0 Å². The van der Waals surface area contributed by atoms with E-state index in [1.54, 1.807) is 55.6 Å². The van der Waals surface area contributed by atoms with Crippen LogP contribution < -0.4 is 14.4 Å². The third-order valence-corrected chi connectivity index (χ3v) is 7.72. The van der Waals surface area contributed by atoms with Crippen molar-refractivity contribution in [2.75, 3.05) is 18.0 Å². The molecule has 6 nitrogen and oxygen atoms in total. The zero-order valence-electron chi connectivity index (χ0n) is 20.3. The van der Waals surface area contributed by atoms with Crippen LogP contribution in [0.2, 0.25) is 0 Å². The molecule has 0 radical (unpaired) electrons. The van der Waals surface area contributed by atoms with Crippen LogP contribution in [0.4, 0.5) is 5.69 Å². The molecule has 0 bridgehead atoms. The third-order valence-electron chi connectivity index (χ3n) is 5.93. The average molecular weight is 481 g/mol. The van der Waals surface area contributed by atoms with Crippen LogP contribution in [0.1, 0.15) is 41.6 Å². The molecule has 0 heterocycles. The minimum absolute atomic E-state index is 0.128. The van der Waals surface area contributed by atoms with Gasteiger partial charge in [-0.1, -0.05) is 42.8 Å². The van der Waals surface area contributed by atoms with Crippen LogP contribution in [-0.4, -0.2) is 28.0 Å². The van der Waals surface area contributed by atoms with E-state index in [2.05, 4.69) is 11.4 Å². The number of hydrogen-bond donors (Lipinski definition) is 1. The second-order valence-electron chi connectivity index (χ2n) is 8.39. The van der Waals surface area contributed by atoms with Crippen molar-refractivity contribution in [1.29, 1.82) is 0 Å². The summed E-state index contributed by atoms with van der Waals surface area (Å²) in [6.45, 7) is 7.62. The lowest BCUT2D eigenvalue weighted by Crippen LogP contribution is -2.42. The zero-order chi connectivity index (χ0) is 24.9. The predicted molar refractivity (Wildman–Crippen MR) is 136 cm³/mol. The molecule has 180 valence electrons. The molecule has 0 aliphatic carbocycles. The smallest absolute Gasteiger partial charge is 0.264 e. The Labute approximate surface area is 202 Å². The van der Waals surface area contributed by atoms with E-state index in [1.807, 2.05) is 39.8 Å². The maximum Gasteiger partial charge on any atom is 0.264 e. The minimum atomic E-state index is -3.97. The highest BCUT2D eigenvalue weighted by molar-refractivity contribution is 7.92. The van der Waals surface area contributed by atoms with Crippen molar-refractivity contribution in [2.24, 2.45) is 0 Å². The van der Waals surface area contributed by atoms with Crippen molar-refractivity contribution in [3.63, 3.8) is 0 Å². The molecule has 0 saturated carbocycles. The number of carbonyl (C=O) groups is 1. The van der Waals surface area contributed by atoms with Crippen LogP contribution in [0, 0.1) is 20.8 Å². The van der Waals surface area contributed by atoms with Crippen LogP contribution in [0.15, 0.2) is 71.6 Å². The summed E-state index contributed by atoms with van der Waals surface area (Å²) >= 11 is 0. The average Bonchev–Trinajstić information content (AvgIpc) is 2.83. The molecule has 1 amide bonds. The number of benzene rings is 3. The predicted octanol–water partition coefficient (Wildman–Crippen LogP) is 5.08. The SMILES string of the molecule is CCC(NC(=O)CN(c1ccc(OC)cc1)S(=O)(=O)c1ccc(C)cc1)c1ccc(C)c(C)c1. The molecule has 0 fully saturated rings. The second-order valence-corrected chi connectivity index (χ2v) is 10.3. The van der Waals surface area contributed by atoms with E-state index in [4.69, 9.17) is 4.74 Å². The first-order valence-electron chi connectivity index (χ1n) is 11.3. The van der Waals surface area contributed by atoms with E-state index in [9.17, 15) is 13.2 Å². The molecular weight excluding hydrogens is 448 g/mol. The summed E-state index contributed by atoms with van der Waals surface area (Å²) in [5.41, 5.74) is 4.66. The number of hydrogen-bond acceptors (Lipinski definition) is 4. The first-order chi connectivity index (χ1) is 16.1. The number of carbonyl (C=O) groups excluding carboxylic acids is 1. The summed E-state index contributed by atoms with van der Waals surface area (Å²) in [6, 6.07) is 19.1. The lowest BCUT2D eigenvalue weighted by atomic mass is 9.99. The van der Waals surface area contributed by atoms with Gasteiger partial charge in [0.25, 0.3) is 10.0 Å². The Morgan fingerprint density at radius 3 is 2.15 bits per heavy atom. The molecule has 0 saturated heterocycles. The van der Waals surface area contributed by atoms with Gasteiger partial charge in [0.15, 0.2) is 0 Å². The largest absolute Gasteiger partial charge is 0.497 e. The number of methoxy groups -OCH3 is 1. The summed E-state index contributed by atoms with van der Waals surface area (Å²) in [5, 5.41) is 3.02. The fourth-order valence-electron chi connectivity index (χ4n) is 3.67. The second kappa shape index (κ2) is 10.7. The van der Waals surface area contributed by atoms with Crippen LogP contribution in [0.3, 0.4) is 0 Å². The highest BCUT2D eigenvalue weighted by Gasteiger charge is 2.28. The number of rotatable bonds is 9. The maximum atomic E-state index is 13.6. The van der Waals surface area contributed by atoms with Crippen LogP contribution in [0.5, 0.6) is 5.75 Å². The van der Waals surface area contributed by atoms with Crippen LogP contribution in [-0.2, 0) is 14.8 Å². The Morgan fingerprint density at radius 1 is 0.941 bits per heavy atom. The summed E-state index contributed by atoms with van der Waals surface area (Å²) in [7, 11) is -2.43. The van der Waals surface area contributed by atoms with Gasteiger partial charge in [0.1, 0.15) is 12.3 Å². The number of nitrogens with one attached hydrogen (secondary N) is 1. The first-order valence-corrected chi connectivity index (χ1v) is 12.7. The maximum absolute atomic E-state index is 13.6. The van der Waals surface area contributed by atoms with E-state index >= 15 is 0 Å². The summed E-state index contributed by atoms with van der Waals surface area (Å²) in [6.07, 6.45) is 0.682. The number of anilines is 1. The molecule has 1 N–H and O–H groups in total. The molecule has 0 aliphatic rings. The number of nitrogens with zero attached hydrogens (tertiary/aromatic N) is 1. The lowest BCUT2D eigenvalue weighted by Gasteiger charge is -2.26. The quantitative estimate of drug-likeness (QED) is 0.463. The van der Waals surface area contributed by atoms with E-state index in [1.165, 1.54) is 5.56 Å². The number of sulfonamides is 1. The van der Waals surface area contributed by atoms with Crippen molar-refractivity contribution >= 4 is 21.6 Å². The van der Waals surface area contributed by atoms with Crippen LogP contribution >= 0.6 is 0 Å². The number of aryl methyl sites for hydroxylation is 3. The molecule has 3 aromatic rings. The van der Waals surface area contributed by atoms with Crippen molar-refractivity contribution < 1.29 is 17.9 Å². The highest BCUT2D eigenvalue weighted by Crippen LogP contribution is 2.26. The molecule has 7 heteroatoms. The Morgan fingerprint density at radius 2 is 1.59 bits per heavy atom. The van der Waals surface area contributed by atoms with Gasteiger partial charge in [-0.3, -0.25) is 9.10 Å². The molecule has 34 heavy (non-hydrogen) atoms. The van der Waals surface area contributed by atoms with Gasteiger partial charge < -0.3 is 10.1 Å². The normalized spacial score (nSPS) is 12.1. The number of amides is 1. The lowest BCUT2D eigenvalue weighted by molar-refractivity contribution is -0.120. The van der Waals surface area contributed by atoms with Crippen molar-refractivity contribution in [3.05, 3.63) is 89.0 Å². The van der Waals surface area contributed by atoms with Gasteiger partial charge in [0.05, 0.1) is 23.7 Å². The van der Waals surface area contributed by atoms with Crippen molar-refractivity contribution in [3.8, 4) is 5.75 Å². The van der Waals surface area contributed by atoms with Crippen molar-refractivity contribution in [1.82, 2.24) is 5.32 Å². The fourth-order valence-corrected chi connectivity index (χ4v) is 5.09. The molecule has 1 atom stereocenters. The molecular formula is C27H32N2O4S. The molecule has 3 rings (SSSR count). The van der Waals surface area contributed by atoms with E-state index in [-0.39, 0.29) is 23.4 Å². The highest BCUT2D eigenvalue weighted by atomic mass is 32.2. The molecule has 3 aromatic carbocycles. The van der Waals surface area contributed by atoms with E-state index in [0.717, 1.165) is 21.0 Å². The zero-order valence-corrected chi connectivity index (χ0v) is 21.1. The van der Waals surface area contributed by atoms with Gasteiger partial charge in [-0.2, -0.15) is 0 Å². The van der Waals surface area contributed by atoms with E-state index in [0.29, 0.717) is 17.9 Å². The van der Waals surface area contributed by atoms with Crippen LogP contribution in [0.25, 0.3) is 0 Å². The van der Waals surface area contributed by atoms with Gasteiger partial charge in [-0.15, -0.1) is 0 Å². The summed E-state index contributed by atoms with van der Waals surface area (Å²) in [4.78, 5) is 13.3. The standard InChI is InChI=1S/C27H32N2O4S/c1-6-26(22-10-9-20(3)21(4)17-22)28-27(30)18-29(23-11-13-24(33-5)14-12-23)34(31,32)25-15-7-19(2)8-16-25/h7-17,26H,6,18H2,1-5H3,(H,28,30). The topological polar surface area (TPSA) is 75.7 Å². The minimum Gasteiger partial charge on any atom is -0.497 e. The number of ether oxygens (including phenoxy) is 1.